The fourth-order valence-electron chi connectivity index (χ4n) is 1.65. The Kier molecular flexibility index (Phi) is 5.09. The molecule has 0 bridgehead atoms. The van der Waals surface area contributed by atoms with Crippen LogP contribution in [0, 0.1) is 0 Å². The minimum absolute atomic E-state index is 0.0318. The van der Waals surface area contributed by atoms with Gasteiger partial charge in [0.2, 0.25) is 5.91 Å². The Hall–Kier alpha value is -1.92. The molecule has 0 spiro atoms. The van der Waals surface area contributed by atoms with Gasteiger partial charge < -0.3 is 15.4 Å². The molecule has 1 heterocycles. The predicted molar refractivity (Wildman–Crippen MR) is 79.9 cm³/mol. The highest BCUT2D eigenvalue weighted by atomic mass is 32.1. The number of ether oxygens (including phenoxy) is 1. The van der Waals surface area contributed by atoms with Crippen LogP contribution in [0.1, 0.15) is 5.69 Å². The van der Waals surface area contributed by atoms with Crippen molar-refractivity contribution in [2.45, 2.75) is 6.54 Å². The van der Waals surface area contributed by atoms with Gasteiger partial charge in [-0.25, -0.2) is 4.98 Å². The number of aromatic nitrogens is 1. The summed E-state index contributed by atoms with van der Waals surface area (Å²) in [6.07, 6.45) is 0. The van der Waals surface area contributed by atoms with Crippen molar-refractivity contribution in [2.75, 3.05) is 20.7 Å². The zero-order chi connectivity index (χ0) is 14.4. The van der Waals surface area contributed by atoms with E-state index in [9.17, 15) is 4.79 Å². The zero-order valence-corrected chi connectivity index (χ0v) is 12.3. The third-order valence-electron chi connectivity index (χ3n) is 2.76. The molecule has 1 amide bonds. The summed E-state index contributed by atoms with van der Waals surface area (Å²) in [6, 6.07) is 7.80. The van der Waals surface area contributed by atoms with Gasteiger partial charge in [0.25, 0.3) is 0 Å². The van der Waals surface area contributed by atoms with Crippen LogP contribution >= 0.6 is 11.3 Å². The van der Waals surface area contributed by atoms with Crippen LogP contribution < -0.4 is 15.4 Å². The van der Waals surface area contributed by atoms with Gasteiger partial charge in [0.05, 0.1) is 19.3 Å². The average Bonchev–Trinajstić information content (AvgIpc) is 2.96. The van der Waals surface area contributed by atoms with Gasteiger partial charge in [0.1, 0.15) is 10.8 Å². The summed E-state index contributed by atoms with van der Waals surface area (Å²) in [5, 5.41) is 8.57. The molecule has 106 valence electrons. The molecule has 0 aliphatic heterocycles. The lowest BCUT2D eigenvalue weighted by molar-refractivity contribution is -0.119. The highest BCUT2D eigenvalue weighted by molar-refractivity contribution is 7.13. The quantitative estimate of drug-likeness (QED) is 0.849. The molecule has 5 nitrogen and oxygen atoms in total. The van der Waals surface area contributed by atoms with Crippen LogP contribution in [0.5, 0.6) is 5.75 Å². The van der Waals surface area contributed by atoms with E-state index in [-0.39, 0.29) is 5.91 Å². The third kappa shape index (κ3) is 3.79. The number of benzene rings is 1. The van der Waals surface area contributed by atoms with E-state index in [0.717, 1.165) is 22.0 Å². The molecular weight excluding hydrogens is 274 g/mol. The molecule has 0 unspecified atom stereocenters. The second-order valence-electron chi connectivity index (χ2n) is 4.15. The Morgan fingerprint density at radius 3 is 2.75 bits per heavy atom. The van der Waals surface area contributed by atoms with Crippen LogP contribution in [0.25, 0.3) is 10.6 Å². The average molecular weight is 291 g/mol. The molecule has 0 radical (unpaired) electrons. The zero-order valence-electron chi connectivity index (χ0n) is 11.5. The number of nitrogens with zero attached hydrogens (tertiary/aromatic N) is 1. The normalized spacial score (nSPS) is 10.3. The van der Waals surface area contributed by atoms with Crippen LogP contribution in [0.3, 0.4) is 0 Å². The van der Waals surface area contributed by atoms with E-state index < -0.39 is 0 Å². The predicted octanol–water partition coefficient (Wildman–Crippen LogP) is 1.65. The number of carbonyl (C=O) groups is 1. The molecule has 0 aliphatic rings. The van der Waals surface area contributed by atoms with E-state index in [1.807, 2.05) is 29.6 Å². The van der Waals surface area contributed by atoms with Crippen LogP contribution in [0.15, 0.2) is 29.6 Å². The Morgan fingerprint density at radius 2 is 2.10 bits per heavy atom. The van der Waals surface area contributed by atoms with E-state index in [1.54, 1.807) is 25.5 Å². The number of methoxy groups -OCH3 is 1. The van der Waals surface area contributed by atoms with Crippen LogP contribution in [0.2, 0.25) is 0 Å². The first-order chi connectivity index (χ1) is 9.72. The monoisotopic (exact) mass is 291 g/mol. The molecule has 0 fully saturated rings. The standard InChI is InChI=1S/C14H17N3O2S/c1-15-13(18)8-16-7-11-9-20-14(17-11)10-3-5-12(19-2)6-4-10/h3-6,9,16H,7-8H2,1-2H3,(H,15,18). The Balaban J connectivity index is 1.95. The molecule has 20 heavy (non-hydrogen) atoms. The summed E-state index contributed by atoms with van der Waals surface area (Å²) in [4.78, 5) is 15.6. The van der Waals surface area contributed by atoms with Crippen molar-refractivity contribution in [3.05, 3.63) is 35.3 Å². The minimum Gasteiger partial charge on any atom is -0.497 e. The van der Waals surface area contributed by atoms with Crippen molar-refractivity contribution in [1.29, 1.82) is 0 Å². The maximum atomic E-state index is 11.1. The molecule has 2 aromatic rings. The second-order valence-corrected chi connectivity index (χ2v) is 5.01. The fourth-order valence-corrected chi connectivity index (χ4v) is 2.47. The van der Waals surface area contributed by atoms with Crippen LogP contribution in [0.4, 0.5) is 0 Å². The third-order valence-corrected chi connectivity index (χ3v) is 3.70. The summed E-state index contributed by atoms with van der Waals surface area (Å²) in [7, 11) is 3.27. The number of thiazole rings is 1. The number of carbonyl (C=O) groups excluding carboxylic acids is 1. The topological polar surface area (TPSA) is 63.2 Å². The van der Waals surface area contributed by atoms with Gasteiger partial charge in [-0.15, -0.1) is 11.3 Å². The van der Waals surface area contributed by atoms with Gasteiger partial charge in [-0.05, 0) is 24.3 Å². The molecule has 2 N–H and O–H groups in total. The van der Waals surface area contributed by atoms with Gasteiger partial charge >= 0.3 is 0 Å². The largest absolute Gasteiger partial charge is 0.497 e. The summed E-state index contributed by atoms with van der Waals surface area (Å²) in [5.41, 5.74) is 2.00. The van der Waals surface area contributed by atoms with Crippen molar-refractivity contribution in [3.63, 3.8) is 0 Å². The number of nitrogens with one attached hydrogen (secondary N) is 2. The van der Waals surface area contributed by atoms with E-state index >= 15 is 0 Å². The number of hydrogen-bond acceptors (Lipinski definition) is 5. The molecular formula is C14H17N3O2S. The van der Waals surface area contributed by atoms with Crippen molar-refractivity contribution in [3.8, 4) is 16.3 Å². The Bertz CT molecular complexity index is 566. The molecule has 0 atom stereocenters. The molecule has 0 aliphatic carbocycles. The van der Waals surface area contributed by atoms with E-state index in [2.05, 4.69) is 15.6 Å². The summed E-state index contributed by atoms with van der Waals surface area (Å²) < 4.78 is 5.13. The lowest BCUT2D eigenvalue weighted by atomic mass is 10.2. The Labute approximate surface area is 122 Å². The van der Waals surface area contributed by atoms with Crippen molar-refractivity contribution >= 4 is 17.2 Å². The first kappa shape index (κ1) is 14.5. The van der Waals surface area contributed by atoms with Crippen LogP contribution in [-0.2, 0) is 11.3 Å². The van der Waals surface area contributed by atoms with Crippen molar-refractivity contribution < 1.29 is 9.53 Å². The molecule has 1 aromatic carbocycles. The van der Waals surface area contributed by atoms with E-state index in [0.29, 0.717) is 13.1 Å². The lowest BCUT2D eigenvalue weighted by Crippen LogP contribution is -2.31. The second kappa shape index (κ2) is 7.02. The molecule has 0 saturated heterocycles. The van der Waals surface area contributed by atoms with Gasteiger partial charge in [-0.2, -0.15) is 0 Å². The summed E-state index contributed by atoms with van der Waals surface area (Å²) in [5.74, 6) is 0.799. The van der Waals surface area contributed by atoms with Gasteiger partial charge in [-0.3, -0.25) is 4.79 Å². The maximum Gasteiger partial charge on any atom is 0.233 e. The summed E-state index contributed by atoms with van der Waals surface area (Å²) >= 11 is 1.59. The smallest absolute Gasteiger partial charge is 0.233 e. The number of hydrogen-bond donors (Lipinski definition) is 2. The van der Waals surface area contributed by atoms with Crippen molar-refractivity contribution in [2.24, 2.45) is 0 Å². The molecule has 2 rings (SSSR count). The Morgan fingerprint density at radius 1 is 1.35 bits per heavy atom. The van der Waals surface area contributed by atoms with Crippen molar-refractivity contribution in [1.82, 2.24) is 15.6 Å². The highest BCUT2D eigenvalue weighted by Gasteiger charge is 2.05. The van der Waals surface area contributed by atoms with E-state index in [4.69, 9.17) is 4.74 Å². The first-order valence-electron chi connectivity index (χ1n) is 6.23. The molecule has 6 heteroatoms. The minimum atomic E-state index is -0.0318. The first-order valence-corrected chi connectivity index (χ1v) is 7.11. The van der Waals surface area contributed by atoms with E-state index in [1.165, 1.54) is 0 Å². The van der Waals surface area contributed by atoms with Gasteiger partial charge in [0, 0.05) is 24.5 Å². The SMILES string of the molecule is CNC(=O)CNCc1csc(-c2ccc(OC)cc2)n1. The number of likely N-dealkylation sites (N-methyl/N-ethyl adjacent to an activating group) is 1. The maximum absolute atomic E-state index is 11.1. The highest BCUT2D eigenvalue weighted by Crippen LogP contribution is 2.25. The number of rotatable bonds is 6. The summed E-state index contributed by atoms with van der Waals surface area (Å²) in [6.45, 7) is 0.881. The molecule has 0 saturated carbocycles. The number of amides is 1. The molecule has 1 aromatic heterocycles. The lowest BCUT2D eigenvalue weighted by Gasteiger charge is -2.01. The van der Waals surface area contributed by atoms with Gasteiger partial charge in [0.15, 0.2) is 0 Å². The van der Waals surface area contributed by atoms with Gasteiger partial charge in [-0.1, -0.05) is 0 Å². The van der Waals surface area contributed by atoms with Crippen LogP contribution in [-0.4, -0.2) is 31.6 Å². The fraction of sp³-hybridized carbons (Fsp3) is 0.286.